The first-order valence-corrected chi connectivity index (χ1v) is 8.56. The number of halogens is 6. The number of nitrogens with zero attached hydrogens (tertiary/aromatic N) is 1. The third-order valence-electron chi connectivity index (χ3n) is 3.71. The Kier molecular flexibility index (Phi) is 8.13. The minimum atomic E-state index is -4.20. The second kappa shape index (κ2) is 8.89. The van der Waals surface area contributed by atoms with Crippen molar-refractivity contribution in [2.75, 3.05) is 26.2 Å². The Morgan fingerprint density at radius 3 is 2.39 bits per heavy atom. The van der Waals surface area contributed by atoms with E-state index >= 15 is 0 Å². The summed E-state index contributed by atoms with van der Waals surface area (Å²) in [5.74, 6) is 0.00825. The van der Waals surface area contributed by atoms with E-state index in [0.717, 1.165) is 17.6 Å². The van der Waals surface area contributed by atoms with Crippen LogP contribution in [0.5, 0.6) is 5.75 Å². The van der Waals surface area contributed by atoms with Gasteiger partial charge in [0.2, 0.25) is 0 Å². The summed E-state index contributed by atoms with van der Waals surface area (Å²) in [6.07, 6.45) is -5.14. The molecule has 1 aliphatic heterocycles. The van der Waals surface area contributed by atoms with Gasteiger partial charge in [0.05, 0.1) is 4.47 Å². The Hall–Kier alpha value is -0.0200. The van der Waals surface area contributed by atoms with Gasteiger partial charge in [-0.15, -0.1) is 12.4 Å². The molecule has 132 valence electrons. The van der Waals surface area contributed by atoms with Crippen molar-refractivity contribution in [2.24, 2.45) is 0 Å². The molecule has 1 atom stereocenters. The molecule has 0 bridgehead atoms. The first kappa shape index (κ1) is 21.0. The Morgan fingerprint density at radius 2 is 1.83 bits per heavy atom. The van der Waals surface area contributed by atoms with E-state index in [-0.39, 0.29) is 24.6 Å². The van der Waals surface area contributed by atoms with Gasteiger partial charge >= 0.3 is 6.18 Å². The van der Waals surface area contributed by atoms with E-state index in [1.807, 2.05) is 4.90 Å². The van der Waals surface area contributed by atoms with Crippen LogP contribution < -0.4 is 5.32 Å². The molecule has 0 unspecified atom stereocenters. The van der Waals surface area contributed by atoms with Gasteiger partial charge in [-0.2, -0.15) is 13.2 Å². The van der Waals surface area contributed by atoms with Crippen LogP contribution in [-0.4, -0.2) is 42.4 Å². The largest absolute Gasteiger partial charge is 0.506 e. The summed E-state index contributed by atoms with van der Waals surface area (Å²) in [5, 5.41) is 13.4. The van der Waals surface area contributed by atoms with Gasteiger partial charge in [-0.3, -0.25) is 4.90 Å². The van der Waals surface area contributed by atoms with Crippen molar-refractivity contribution in [1.82, 2.24) is 10.2 Å². The van der Waals surface area contributed by atoms with Crippen LogP contribution in [0.2, 0.25) is 0 Å². The number of piperazine rings is 1. The van der Waals surface area contributed by atoms with E-state index in [1.165, 1.54) is 0 Å². The monoisotopic (exact) mass is 480 g/mol. The van der Waals surface area contributed by atoms with Gasteiger partial charge in [0.15, 0.2) is 0 Å². The lowest BCUT2D eigenvalue weighted by Gasteiger charge is -2.36. The third-order valence-corrected chi connectivity index (χ3v) is 4.77. The van der Waals surface area contributed by atoms with Crippen LogP contribution in [0.1, 0.15) is 24.4 Å². The molecule has 9 heteroatoms. The standard InChI is InChI=1S/C14H17Br2F3N2O.ClH/c15-9-7-10(13(22)11(16)8-9)12(1-2-14(17,18)19)21-5-3-20-4-6-21;/h7-8,12,20,22H,1-6H2;1H/t12-;/m1./s1. The van der Waals surface area contributed by atoms with Crippen LogP contribution in [0, 0.1) is 0 Å². The molecule has 1 aliphatic rings. The van der Waals surface area contributed by atoms with Gasteiger partial charge in [-0.1, -0.05) is 15.9 Å². The van der Waals surface area contributed by atoms with Crippen LogP contribution in [0.25, 0.3) is 0 Å². The molecule has 0 aromatic heterocycles. The Bertz CT molecular complexity index is 525. The fraction of sp³-hybridized carbons (Fsp3) is 0.571. The summed E-state index contributed by atoms with van der Waals surface area (Å²) in [6, 6.07) is 2.91. The number of alkyl halides is 3. The fourth-order valence-corrected chi connectivity index (χ4v) is 3.93. The van der Waals surface area contributed by atoms with E-state index in [2.05, 4.69) is 37.2 Å². The number of nitrogens with one attached hydrogen (secondary N) is 1. The van der Waals surface area contributed by atoms with Crippen molar-refractivity contribution < 1.29 is 18.3 Å². The summed E-state index contributed by atoms with van der Waals surface area (Å²) in [4.78, 5) is 2.00. The zero-order valence-electron chi connectivity index (χ0n) is 12.2. The van der Waals surface area contributed by atoms with Crippen LogP contribution in [0.15, 0.2) is 21.1 Å². The van der Waals surface area contributed by atoms with Gasteiger partial charge < -0.3 is 10.4 Å². The Balaban J connectivity index is 0.00000264. The van der Waals surface area contributed by atoms with Gasteiger partial charge in [-0.05, 0) is 34.5 Å². The normalized spacial score (nSPS) is 17.6. The smallest absolute Gasteiger partial charge is 0.389 e. The Morgan fingerprint density at radius 1 is 1.22 bits per heavy atom. The lowest BCUT2D eigenvalue weighted by atomic mass is 9.98. The molecule has 0 amide bonds. The van der Waals surface area contributed by atoms with Crippen molar-refractivity contribution in [2.45, 2.75) is 25.1 Å². The highest BCUT2D eigenvalue weighted by atomic mass is 79.9. The van der Waals surface area contributed by atoms with E-state index < -0.39 is 18.6 Å². The van der Waals surface area contributed by atoms with E-state index in [9.17, 15) is 18.3 Å². The molecule has 0 saturated carbocycles. The van der Waals surface area contributed by atoms with Crippen molar-refractivity contribution in [3.8, 4) is 5.75 Å². The predicted molar refractivity (Wildman–Crippen MR) is 93.2 cm³/mol. The zero-order chi connectivity index (χ0) is 16.3. The third kappa shape index (κ3) is 6.08. The lowest BCUT2D eigenvalue weighted by Crippen LogP contribution is -2.45. The van der Waals surface area contributed by atoms with Gasteiger partial charge in [0.1, 0.15) is 5.75 Å². The molecule has 1 saturated heterocycles. The molecular formula is C14H18Br2ClF3N2O. The van der Waals surface area contributed by atoms with Crippen molar-refractivity contribution in [3.05, 3.63) is 26.6 Å². The highest BCUT2D eigenvalue weighted by Crippen LogP contribution is 2.40. The fourth-order valence-electron chi connectivity index (χ4n) is 2.67. The van der Waals surface area contributed by atoms with E-state index in [0.29, 0.717) is 23.1 Å². The van der Waals surface area contributed by atoms with Gasteiger partial charge in [0, 0.05) is 48.7 Å². The summed E-state index contributed by atoms with van der Waals surface area (Å²) >= 11 is 6.58. The number of phenols is 1. The van der Waals surface area contributed by atoms with E-state index in [1.54, 1.807) is 12.1 Å². The maximum atomic E-state index is 12.6. The SMILES string of the molecule is Cl.Oc1c(Br)cc(Br)cc1[C@@H](CCC(F)(F)F)N1CCNCC1. The molecule has 1 fully saturated rings. The molecule has 0 spiro atoms. The molecule has 1 aromatic rings. The maximum Gasteiger partial charge on any atom is 0.389 e. The van der Waals surface area contributed by atoms with Crippen molar-refractivity contribution >= 4 is 44.3 Å². The number of benzene rings is 1. The molecule has 0 radical (unpaired) electrons. The second-order valence-electron chi connectivity index (χ2n) is 5.28. The second-order valence-corrected chi connectivity index (χ2v) is 7.05. The van der Waals surface area contributed by atoms with Crippen LogP contribution >= 0.6 is 44.3 Å². The van der Waals surface area contributed by atoms with E-state index in [4.69, 9.17) is 0 Å². The first-order chi connectivity index (χ1) is 10.3. The van der Waals surface area contributed by atoms with Crippen LogP contribution in [0.4, 0.5) is 13.2 Å². The molecule has 23 heavy (non-hydrogen) atoms. The molecule has 3 nitrogen and oxygen atoms in total. The number of phenolic OH excluding ortho intramolecular Hbond substituents is 1. The molecular weight excluding hydrogens is 464 g/mol. The van der Waals surface area contributed by atoms with Crippen LogP contribution in [-0.2, 0) is 0 Å². The first-order valence-electron chi connectivity index (χ1n) is 6.97. The summed E-state index contributed by atoms with van der Waals surface area (Å²) in [5.41, 5.74) is 0.521. The lowest BCUT2D eigenvalue weighted by molar-refractivity contribution is -0.138. The summed E-state index contributed by atoms with van der Waals surface area (Å²) in [7, 11) is 0. The number of aromatic hydroxyl groups is 1. The summed E-state index contributed by atoms with van der Waals surface area (Å²) in [6.45, 7) is 2.79. The average Bonchev–Trinajstić information content (AvgIpc) is 2.44. The number of hydrogen-bond acceptors (Lipinski definition) is 3. The molecule has 2 rings (SSSR count). The maximum absolute atomic E-state index is 12.6. The topological polar surface area (TPSA) is 35.5 Å². The highest BCUT2D eigenvalue weighted by molar-refractivity contribution is 9.11. The molecule has 2 N–H and O–H groups in total. The number of hydrogen-bond donors (Lipinski definition) is 2. The van der Waals surface area contributed by atoms with Gasteiger partial charge in [-0.25, -0.2) is 0 Å². The molecule has 0 aliphatic carbocycles. The molecule has 1 heterocycles. The minimum absolute atomic E-state index is 0. The van der Waals surface area contributed by atoms with Crippen molar-refractivity contribution in [3.63, 3.8) is 0 Å². The molecule has 1 aromatic carbocycles. The Labute approximate surface area is 156 Å². The highest BCUT2D eigenvalue weighted by Gasteiger charge is 2.32. The average molecular weight is 483 g/mol. The van der Waals surface area contributed by atoms with Gasteiger partial charge in [0.25, 0.3) is 0 Å². The summed E-state index contributed by atoms with van der Waals surface area (Å²) < 4.78 is 39.1. The predicted octanol–water partition coefficient (Wildman–Crippen LogP) is 4.63. The minimum Gasteiger partial charge on any atom is -0.506 e. The van der Waals surface area contributed by atoms with Crippen LogP contribution in [0.3, 0.4) is 0 Å². The number of rotatable bonds is 4. The van der Waals surface area contributed by atoms with Crippen molar-refractivity contribution in [1.29, 1.82) is 0 Å². The quantitative estimate of drug-likeness (QED) is 0.657. The zero-order valence-corrected chi connectivity index (χ0v) is 16.2.